The van der Waals surface area contributed by atoms with E-state index in [-0.39, 0.29) is 6.61 Å². The van der Waals surface area contributed by atoms with Crippen LogP contribution in [0.4, 0.5) is 0 Å². The zero-order valence-corrected chi connectivity index (χ0v) is 13.8. The number of aryl methyl sites for hydroxylation is 3. The molecule has 1 aromatic heterocycles. The number of benzene rings is 1. The molecule has 0 unspecified atom stereocenters. The highest BCUT2D eigenvalue weighted by Gasteiger charge is 2.15. The van der Waals surface area contributed by atoms with E-state index in [9.17, 15) is 14.4 Å². The van der Waals surface area contributed by atoms with E-state index in [2.05, 4.69) is 0 Å². The van der Waals surface area contributed by atoms with E-state index in [0.29, 0.717) is 11.4 Å². The first-order valence-corrected chi connectivity index (χ1v) is 7.42. The average molecular weight is 316 g/mol. The standard InChI is InChI=1S/C17H20N2O4/c1-5-23-16(21)10-18-15(20)9-13(4)19(17(18)22)14-7-6-11(2)8-12(14)3/h6-9H,5,10H2,1-4H3. The van der Waals surface area contributed by atoms with Crippen LogP contribution < -0.4 is 11.2 Å². The molecular formula is C17H20N2O4. The van der Waals surface area contributed by atoms with E-state index >= 15 is 0 Å². The Kier molecular flexibility index (Phi) is 4.83. The Balaban J connectivity index is 2.63. The molecule has 122 valence electrons. The molecule has 0 aliphatic rings. The van der Waals surface area contributed by atoms with Gasteiger partial charge in [0.2, 0.25) is 0 Å². The van der Waals surface area contributed by atoms with Crippen molar-refractivity contribution in [1.82, 2.24) is 9.13 Å². The number of esters is 1. The molecular weight excluding hydrogens is 296 g/mol. The summed E-state index contributed by atoms with van der Waals surface area (Å²) >= 11 is 0. The monoisotopic (exact) mass is 316 g/mol. The van der Waals surface area contributed by atoms with Crippen molar-refractivity contribution in [3.8, 4) is 5.69 Å². The SMILES string of the molecule is CCOC(=O)Cn1c(=O)cc(C)n(-c2ccc(C)cc2C)c1=O. The molecule has 0 bridgehead atoms. The quantitative estimate of drug-likeness (QED) is 0.801. The van der Waals surface area contributed by atoms with Gasteiger partial charge in [0, 0.05) is 11.8 Å². The summed E-state index contributed by atoms with van der Waals surface area (Å²) in [6.45, 7) is 7.03. The fraction of sp³-hybridized carbons (Fsp3) is 0.353. The molecule has 23 heavy (non-hydrogen) atoms. The molecule has 0 fully saturated rings. The maximum atomic E-state index is 12.7. The fourth-order valence-electron chi connectivity index (χ4n) is 2.52. The van der Waals surface area contributed by atoms with Crippen molar-refractivity contribution in [3.05, 3.63) is 61.9 Å². The number of ether oxygens (including phenoxy) is 1. The van der Waals surface area contributed by atoms with E-state index in [0.717, 1.165) is 15.7 Å². The topological polar surface area (TPSA) is 70.3 Å². The molecule has 0 N–H and O–H groups in total. The van der Waals surface area contributed by atoms with Crippen molar-refractivity contribution in [3.63, 3.8) is 0 Å². The molecule has 2 aromatic rings. The van der Waals surface area contributed by atoms with Crippen molar-refractivity contribution in [1.29, 1.82) is 0 Å². The number of carbonyl (C=O) groups is 1. The Labute approximate surface area is 134 Å². The lowest BCUT2D eigenvalue weighted by Crippen LogP contribution is -2.42. The lowest BCUT2D eigenvalue weighted by atomic mass is 10.1. The van der Waals surface area contributed by atoms with Crippen molar-refractivity contribution < 1.29 is 9.53 Å². The smallest absolute Gasteiger partial charge is 0.336 e. The summed E-state index contributed by atoms with van der Waals surface area (Å²) < 4.78 is 7.16. The number of rotatable bonds is 4. The third kappa shape index (κ3) is 3.41. The molecule has 0 saturated carbocycles. The maximum absolute atomic E-state index is 12.7. The predicted octanol–water partition coefficient (Wildman–Crippen LogP) is 1.49. The van der Waals surface area contributed by atoms with Gasteiger partial charge in [-0.3, -0.25) is 14.2 Å². The minimum atomic E-state index is -0.609. The third-order valence-corrected chi connectivity index (χ3v) is 3.56. The zero-order valence-electron chi connectivity index (χ0n) is 13.8. The molecule has 1 aromatic carbocycles. The molecule has 1 heterocycles. The molecule has 0 radical (unpaired) electrons. The number of hydrogen-bond donors (Lipinski definition) is 0. The van der Waals surface area contributed by atoms with Crippen molar-refractivity contribution >= 4 is 5.97 Å². The molecule has 6 nitrogen and oxygen atoms in total. The summed E-state index contributed by atoms with van der Waals surface area (Å²) in [4.78, 5) is 36.4. The van der Waals surface area contributed by atoms with Gasteiger partial charge in [0.25, 0.3) is 5.56 Å². The first-order chi connectivity index (χ1) is 10.8. The molecule has 0 amide bonds. The summed E-state index contributed by atoms with van der Waals surface area (Å²) in [6.07, 6.45) is 0. The van der Waals surface area contributed by atoms with Gasteiger partial charge in [0.1, 0.15) is 6.54 Å². The van der Waals surface area contributed by atoms with Crippen molar-refractivity contribution in [2.24, 2.45) is 0 Å². The highest BCUT2D eigenvalue weighted by molar-refractivity contribution is 5.69. The Morgan fingerprint density at radius 3 is 2.43 bits per heavy atom. The van der Waals surface area contributed by atoms with Gasteiger partial charge in [0.05, 0.1) is 12.3 Å². The molecule has 6 heteroatoms. The highest BCUT2D eigenvalue weighted by Crippen LogP contribution is 2.15. The fourth-order valence-corrected chi connectivity index (χ4v) is 2.52. The van der Waals surface area contributed by atoms with Gasteiger partial charge in [-0.15, -0.1) is 0 Å². The largest absolute Gasteiger partial charge is 0.465 e. The highest BCUT2D eigenvalue weighted by atomic mass is 16.5. The van der Waals surface area contributed by atoms with Gasteiger partial charge < -0.3 is 4.74 Å². The van der Waals surface area contributed by atoms with Crippen LogP contribution in [0.25, 0.3) is 5.69 Å². The Bertz CT molecular complexity index is 862. The second-order valence-electron chi connectivity index (χ2n) is 5.42. The average Bonchev–Trinajstić information content (AvgIpc) is 2.46. The number of nitrogens with zero attached hydrogens (tertiary/aromatic N) is 2. The van der Waals surface area contributed by atoms with Crippen LogP contribution in [0.5, 0.6) is 0 Å². The second-order valence-corrected chi connectivity index (χ2v) is 5.42. The summed E-state index contributed by atoms with van der Waals surface area (Å²) in [6, 6.07) is 7.04. The number of carbonyl (C=O) groups excluding carboxylic acids is 1. The molecule has 0 spiro atoms. The minimum absolute atomic E-state index is 0.199. The molecule has 0 saturated heterocycles. The van der Waals surface area contributed by atoms with E-state index in [1.54, 1.807) is 13.8 Å². The third-order valence-electron chi connectivity index (χ3n) is 3.56. The lowest BCUT2D eigenvalue weighted by molar-refractivity contribution is -0.143. The Hall–Kier alpha value is -2.63. The molecule has 0 atom stereocenters. The number of hydrogen-bond acceptors (Lipinski definition) is 4. The van der Waals surface area contributed by atoms with Crippen LogP contribution in [0.2, 0.25) is 0 Å². The van der Waals surface area contributed by atoms with Crippen LogP contribution in [0, 0.1) is 20.8 Å². The predicted molar refractivity (Wildman–Crippen MR) is 87.1 cm³/mol. The van der Waals surface area contributed by atoms with Crippen molar-refractivity contribution in [2.75, 3.05) is 6.61 Å². The summed E-state index contributed by atoms with van der Waals surface area (Å²) in [5.74, 6) is -0.609. The van der Waals surface area contributed by atoms with Crippen LogP contribution in [0.3, 0.4) is 0 Å². The van der Waals surface area contributed by atoms with Crippen LogP contribution in [0.1, 0.15) is 23.7 Å². The van der Waals surface area contributed by atoms with Gasteiger partial charge in [-0.2, -0.15) is 0 Å². The Morgan fingerprint density at radius 2 is 1.83 bits per heavy atom. The first-order valence-electron chi connectivity index (χ1n) is 7.42. The normalized spacial score (nSPS) is 10.6. The van der Waals surface area contributed by atoms with E-state index < -0.39 is 23.8 Å². The lowest BCUT2D eigenvalue weighted by Gasteiger charge is -2.15. The van der Waals surface area contributed by atoms with E-state index in [4.69, 9.17) is 4.74 Å². The van der Waals surface area contributed by atoms with E-state index in [1.807, 2.05) is 32.0 Å². The van der Waals surface area contributed by atoms with Gasteiger partial charge in [-0.25, -0.2) is 9.36 Å². The van der Waals surface area contributed by atoms with Gasteiger partial charge in [-0.05, 0) is 39.3 Å². The minimum Gasteiger partial charge on any atom is -0.465 e. The van der Waals surface area contributed by atoms with Crippen LogP contribution in [0.15, 0.2) is 33.9 Å². The zero-order chi connectivity index (χ0) is 17.1. The van der Waals surface area contributed by atoms with Crippen LogP contribution in [-0.2, 0) is 16.1 Å². The van der Waals surface area contributed by atoms with Gasteiger partial charge in [-0.1, -0.05) is 17.7 Å². The van der Waals surface area contributed by atoms with Crippen LogP contribution >= 0.6 is 0 Å². The summed E-state index contributed by atoms with van der Waals surface area (Å²) in [5.41, 5.74) is 2.15. The van der Waals surface area contributed by atoms with Gasteiger partial charge in [0.15, 0.2) is 0 Å². The molecule has 0 aliphatic heterocycles. The summed E-state index contributed by atoms with van der Waals surface area (Å²) in [7, 11) is 0. The number of aromatic nitrogens is 2. The Morgan fingerprint density at radius 1 is 1.13 bits per heavy atom. The maximum Gasteiger partial charge on any atom is 0.336 e. The first kappa shape index (κ1) is 16.7. The second kappa shape index (κ2) is 6.64. The molecule has 0 aliphatic carbocycles. The van der Waals surface area contributed by atoms with Crippen molar-refractivity contribution in [2.45, 2.75) is 34.2 Å². The van der Waals surface area contributed by atoms with Crippen LogP contribution in [-0.4, -0.2) is 21.7 Å². The summed E-state index contributed by atoms with van der Waals surface area (Å²) in [5, 5.41) is 0. The molecule has 2 rings (SSSR count). The van der Waals surface area contributed by atoms with Gasteiger partial charge >= 0.3 is 11.7 Å². The van der Waals surface area contributed by atoms with E-state index in [1.165, 1.54) is 10.6 Å².